The van der Waals surface area contributed by atoms with Crippen LogP contribution in [0.2, 0.25) is 0 Å². The molecule has 0 bridgehead atoms. The fourth-order valence-corrected chi connectivity index (χ4v) is 2.62. The van der Waals surface area contributed by atoms with E-state index in [1.807, 2.05) is 26.0 Å². The third-order valence-electron chi connectivity index (χ3n) is 4.47. The second-order valence-electron chi connectivity index (χ2n) is 8.58. The van der Waals surface area contributed by atoms with E-state index in [9.17, 15) is 14.0 Å². The van der Waals surface area contributed by atoms with Crippen molar-refractivity contribution in [1.29, 1.82) is 0 Å². The molecule has 0 heterocycles. The third-order valence-corrected chi connectivity index (χ3v) is 4.47. The number of hydrogen-bond acceptors (Lipinski definition) is 7. The monoisotopic (exact) mass is 557 g/mol. The van der Waals surface area contributed by atoms with E-state index in [0.717, 1.165) is 0 Å². The second kappa shape index (κ2) is 24.2. The summed E-state index contributed by atoms with van der Waals surface area (Å²) in [6.45, 7) is 17.1. The predicted octanol–water partition coefficient (Wildman–Crippen LogP) is 6.54. The number of carbonyl (C=O) groups is 2. The maximum atomic E-state index is 14.8. The molecule has 0 spiro atoms. The van der Waals surface area contributed by atoms with Gasteiger partial charge in [0, 0.05) is 42.0 Å². The molecule has 8 nitrogen and oxygen atoms in total. The zero-order chi connectivity index (χ0) is 30.9. The van der Waals surface area contributed by atoms with Crippen molar-refractivity contribution in [3.05, 3.63) is 67.5 Å². The predicted molar refractivity (Wildman–Crippen MR) is 170 cm³/mol. The van der Waals surface area contributed by atoms with Gasteiger partial charge in [-0.25, -0.2) is 4.39 Å². The van der Waals surface area contributed by atoms with Gasteiger partial charge in [-0.3, -0.25) is 9.79 Å². The fourth-order valence-electron chi connectivity index (χ4n) is 2.62. The Morgan fingerprint density at radius 1 is 1.05 bits per heavy atom. The molecule has 2 aromatic carbocycles. The minimum atomic E-state index is -0.507. The number of carbonyl (C=O) groups excluding carboxylic acids is 2. The van der Waals surface area contributed by atoms with Crippen LogP contribution in [0.4, 0.5) is 21.5 Å². The Morgan fingerprint density at radius 3 is 2.02 bits per heavy atom. The lowest BCUT2D eigenvalue weighted by Gasteiger charge is -2.15. The summed E-state index contributed by atoms with van der Waals surface area (Å²) in [7, 11) is 7.81. The molecule has 0 radical (unpaired) electrons. The number of aldehydes is 1. The van der Waals surface area contributed by atoms with Gasteiger partial charge < -0.3 is 30.4 Å². The number of amides is 1. The molecular formula is C31H48FN5O3. The molecule has 1 amide bonds. The van der Waals surface area contributed by atoms with Gasteiger partial charge in [-0.15, -0.1) is 13.2 Å². The van der Waals surface area contributed by atoms with Gasteiger partial charge in [0.1, 0.15) is 24.5 Å². The number of unbranched alkanes of at least 4 members (excludes halogenated alkanes) is 1. The van der Waals surface area contributed by atoms with Crippen molar-refractivity contribution in [2.24, 2.45) is 4.99 Å². The number of benzene rings is 2. The van der Waals surface area contributed by atoms with Crippen molar-refractivity contribution in [3.8, 4) is 5.75 Å². The number of halogens is 1. The van der Waals surface area contributed by atoms with Gasteiger partial charge in [-0.1, -0.05) is 33.3 Å². The molecule has 0 unspecified atom stereocenters. The number of aliphatic imine (C=N–C) groups is 1. The first-order valence-electron chi connectivity index (χ1n) is 13.1. The van der Waals surface area contributed by atoms with Crippen molar-refractivity contribution >= 4 is 41.2 Å². The SMILES string of the molecule is C=C.C=C(Nc1ccc(NC(=O)CC=O)cc1)c1c(F)cc(OCCNC)cc1N=CC.CCCC.CN(C)C. The first-order valence-corrected chi connectivity index (χ1v) is 13.1. The Balaban J connectivity index is 0. The Bertz CT molecular complexity index is 1020. The molecule has 0 saturated heterocycles. The summed E-state index contributed by atoms with van der Waals surface area (Å²) in [5.74, 6) is -0.514. The van der Waals surface area contributed by atoms with E-state index in [1.165, 1.54) is 18.9 Å². The molecule has 40 heavy (non-hydrogen) atoms. The zero-order valence-electron chi connectivity index (χ0n) is 25.3. The van der Waals surface area contributed by atoms with E-state index in [1.54, 1.807) is 50.5 Å². The van der Waals surface area contributed by atoms with Crippen LogP contribution in [0.25, 0.3) is 5.70 Å². The van der Waals surface area contributed by atoms with Gasteiger partial charge in [0.2, 0.25) is 5.91 Å². The van der Waals surface area contributed by atoms with Crippen molar-refractivity contribution in [3.63, 3.8) is 0 Å². The molecule has 0 aliphatic rings. The molecule has 0 aliphatic heterocycles. The normalized spacial score (nSPS) is 9.72. The van der Waals surface area contributed by atoms with Crippen LogP contribution in [-0.2, 0) is 9.59 Å². The van der Waals surface area contributed by atoms with Crippen molar-refractivity contribution < 1.29 is 18.7 Å². The Hall–Kier alpha value is -3.82. The average molecular weight is 558 g/mol. The molecule has 0 aromatic heterocycles. The molecule has 0 atom stereocenters. The van der Waals surface area contributed by atoms with E-state index >= 15 is 0 Å². The van der Waals surface area contributed by atoms with Crippen LogP contribution in [0, 0.1) is 5.82 Å². The number of hydrogen-bond donors (Lipinski definition) is 3. The molecule has 3 N–H and O–H groups in total. The van der Waals surface area contributed by atoms with Crippen LogP contribution < -0.4 is 20.7 Å². The molecule has 0 aliphatic carbocycles. The molecule has 2 aromatic rings. The number of anilines is 2. The van der Waals surface area contributed by atoms with Gasteiger partial charge in [0.25, 0.3) is 0 Å². The van der Waals surface area contributed by atoms with Crippen LogP contribution in [0.15, 0.2) is 61.1 Å². The number of rotatable bonds is 12. The molecule has 222 valence electrons. The highest BCUT2D eigenvalue weighted by Crippen LogP contribution is 2.33. The molecule has 0 saturated carbocycles. The molecular weight excluding hydrogens is 509 g/mol. The quantitative estimate of drug-likeness (QED) is 0.0902. The maximum absolute atomic E-state index is 14.8. The summed E-state index contributed by atoms with van der Waals surface area (Å²) < 4.78 is 20.4. The minimum Gasteiger partial charge on any atom is -0.492 e. The number of nitrogens with one attached hydrogen (secondary N) is 3. The number of ether oxygens (including phenoxy) is 1. The van der Waals surface area contributed by atoms with Crippen LogP contribution in [0.1, 0.15) is 45.6 Å². The maximum Gasteiger partial charge on any atom is 0.231 e. The van der Waals surface area contributed by atoms with Crippen molar-refractivity contribution in [2.45, 2.75) is 40.0 Å². The van der Waals surface area contributed by atoms with Crippen LogP contribution in [0.3, 0.4) is 0 Å². The zero-order valence-corrected chi connectivity index (χ0v) is 25.3. The summed E-state index contributed by atoms with van der Waals surface area (Å²) in [5, 5.41) is 8.61. The van der Waals surface area contributed by atoms with Crippen LogP contribution in [0.5, 0.6) is 5.75 Å². The fraction of sp³-hybridized carbons (Fsp3) is 0.387. The summed E-state index contributed by atoms with van der Waals surface area (Å²) in [4.78, 5) is 28.1. The third kappa shape index (κ3) is 17.6. The topological polar surface area (TPSA) is 95.1 Å². The van der Waals surface area contributed by atoms with Crippen LogP contribution in [-0.4, -0.2) is 64.7 Å². The molecule has 2 rings (SSSR count). The Labute approximate surface area is 240 Å². The largest absolute Gasteiger partial charge is 0.492 e. The lowest BCUT2D eigenvalue weighted by Crippen LogP contribution is -2.16. The van der Waals surface area contributed by atoms with E-state index in [4.69, 9.17) is 4.74 Å². The van der Waals surface area contributed by atoms with Crippen LogP contribution >= 0.6 is 0 Å². The van der Waals surface area contributed by atoms with E-state index in [-0.39, 0.29) is 12.0 Å². The smallest absolute Gasteiger partial charge is 0.231 e. The van der Waals surface area contributed by atoms with E-state index in [0.29, 0.717) is 47.9 Å². The van der Waals surface area contributed by atoms with Gasteiger partial charge in [0.05, 0.1) is 17.7 Å². The number of likely N-dealkylation sites (N-methyl/N-ethyl adjacent to an activating group) is 1. The van der Waals surface area contributed by atoms with Gasteiger partial charge in [-0.05, 0) is 59.4 Å². The van der Waals surface area contributed by atoms with Crippen molar-refractivity contribution in [1.82, 2.24) is 10.2 Å². The summed E-state index contributed by atoms with van der Waals surface area (Å²) in [6.07, 6.45) is 4.54. The standard InChI is InChI=1S/C22H25FN4O3.C4H10.C3H9N.C2H4/c1-4-25-20-14-18(30-12-10-24-3)13-19(23)22(20)15(2)26-16-5-7-17(8-6-16)27-21(29)9-11-28;1-3-4-2;1-4(2)3;1-2/h4-8,11,13-14,24,26H,2,9-10,12H2,1,3H3,(H,27,29);3-4H2,1-2H3;1-3H3;1-2H2. The first-order chi connectivity index (χ1) is 19.1. The minimum absolute atomic E-state index is 0.203. The Morgan fingerprint density at radius 2 is 1.57 bits per heavy atom. The van der Waals surface area contributed by atoms with E-state index in [2.05, 4.69) is 54.5 Å². The number of nitrogens with zero attached hydrogens (tertiary/aromatic N) is 2. The highest BCUT2D eigenvalue weighted by Gasteiger charge is 2.15. The first kappa shape index (κ1) is 38.3. The average Bonchev–Trinajstić information content (AvgIpc) is 2.91. The highest BCUT2D eigenvalue weighted by atomic mass is 19.1. The summed E-state index contributed by atoms with van der Waals surface area (Å²) in [6, 6.07) is 9.71. The molecule has 0 fully saturated rings. The Kier molecular flexibility index (Phi) is 23.2. The molecule has 9 heteroatoms. The van der Waals surface area contributed by atoms with Gasteiger partial charge >= 0.3 is 0 Å². The summed E-state index contributed by atoms with van der Waals surface area (Å²) >= 11 is 0. The van der Waals surface area contributed by atoms with Crippen molar-refractivity contribution in [2.75, 3.05) is 52.0 Å². The van der Waals surface area contributed by atoms with Gasteiger partial charge in [0.15, 0.2) is 0 Å². The second-order valence-corrected chi connectivity index (χ2v) is 8.58. The van der Waals surface area contributed by atoms with Gasteiger partial charge in [-0.2, -0.15) is 0 Å². The lowest BCUT2D eigenvalue weighted by atomic mass is 10.1. The summed E-state index contributed by atoms with van der Waals surface area (Å²) in [5.41, 5.74) is 2.15. The lowest BCUT2D eigenvalue weighted by molar-refractivity contribution is -0.119. The highest BCUT2D eigenvalue weighted by molar-refractivity contribution is 5.98. The van der Waals surface area contributed by atoms with E-state index < -0.39 is 11.7 Å².